The minimum absolute atomic E-state index is 0.0841. The summed E-state index contributed by atoms with van der Waals surface area (Å²) in [5, 5.41) is 12.5. The molecule has 2 rings (SSSR count). The van der Waals surface area contributed by atoms with E-state index in [2.05, 4.69) is 5.32 Å². The molecule has 1 aliphatic rings. The Bertz CT molecular complexity index is 455. The molecule has 0 bridgehead atoms. The molecular formula is C14H18ClNO2. The van der Waals surface area contributed by atoms with Gasteiger partial charge >= 0.3 is 0 Å². The van der Waals surface area contributed by atoms with Crippen molar-refractivity contribution in [2.45, 2.75) is 26.2 Å². The zero-order valence-electron chi connectivity index (χ0n) is 10.5. The minimum atomic E-state index is -0.0841. The van der Waals surface area contributed by atoms with Gasteiger partial charge < -0.3 is 10.4 Å². The van der Waals surface area contributed by atoms with E-state index in [9.17, 15) is 4.79 Å². The van der Waals surface area contributed by atoms with Gasteiger partial charge in [-0.15, -0.1) is 0 Å². The summed E-state index contributed by atoms with van der Waals surface area (Å²) in [5.41, 5.74) is 1.57. The fraction of sp³-hybridized carbons (Fsp3) is 0.500. The molecule has 0 aliphatic heterocycles. The van der Waals surface area contributed by atoms with Crippen LogP contribution in [0.3, 0.4) is 0 Å². The lowest BCUT2D eigenvalue weighted by atomic mass is 10.0. The lowest BCUT2D eigenvalue weighted by Crippen LogP contribution is -2.31. The van der Waals surface area contributed by atoms with E-state index in [1.165, 1.54) is 0 Å². The van der Waals surface area contributed by atoms with Gasteiger partial charge in [0.15, 0.2) is 0 Å². The van der Waals surface area contributed by atoms with E-state index < -0.39 is 0 Å². The number of halogens is 1. The predicted octanol–water partition coefficient (Wildman–Crippen LogP) is 2.54. The van der Waals surface area contributed by atoms with Gasteiger partial charge in [-0.3, -0.25) is 4.79 Å². The molecular weight excluding hydrogens is 250 g/mol. The summed E-state index contributed by atoms with van der Waals surface area (Å²) < 4.78 is 0. The molecule has 0 atom stereocenters. The highest BCUT2D eigenvalue weighted by Crippen LogP contribution is 2.47. The molecule has 0 unspecified atom stereocenters. The zero-order chi connectivity index (χ0) is 13.2. The second kappa shape index (κ2) is 5.29. The maximum atomic E-state index is 12.1. The van der Waals surface area contributed by atoms with Crippen molar-refractivity contribution in [3.63, 3.8) is 0 Å². The Hall–Kier alpha value is -1.06. The van der Waals surface area contributed by atoms with Gasteiger partial charge in [0.25, 0.3) is 5.91 Å². The maximum absolute atomic E-state index is 12.1. The number of hydrogen-bond acceptors (Lipinski definition) is 2. The van der Waals surface area contributed by atoms with Crippen LogP contribution >= 0.6 is 11.6 Å². The molecule has 18 heavy (non-hydrogen) atoms. The van der Waals surface area contributed by atoms with Gasteiger partial charge in [0, 0.05) is 23.7 Å². The molecule has 4 heteroatoms. The molecule has 0 aromatic heterocycles. The lowest BCUT2D eigenvalue weighted by Gasteiger charge is -2.15. The second-order valence-corrected chi connectivity index (χ2v) is 5.48. The third kappa shape index (κ3) is 2.85. The summed E-state index contributed by atoms with van der Waals surface area (Å²) in [5.74, 6) is -0.0841. The summed E-state index contributed by atoms with van der Waals surface area (Å²) in [6, 6.07) is 5.34. The third-order valence-electron chi connectivity index (χ3n) is 3.74. The molecule has 3 nitrogen and oxygen atoms in total. The van der Waals surface area contributed by atoms with Crippen molar-refractivity contribution in [2.24, 2.45) is 5.41 Å². The van der Waals surface area contributed by atoms with Crippen molar-refractivity contribution in [2.75, 3.05) is 13.2 Å². The molecule has 1 amide bonds. The normalized spacial score (nSPS) is 16.4. The van der Waals surface area contributed by atoms with Crippen LogP contribution in [-0.4, -0.2) is 24.2 Å². The van der Waals surface area contributed by atoms with Crippen molar-refractivity contribution < 1.29 is 9.90 Å². The van der Waals surface area contributed by atoms with Crippen molar-refractivity contribution in [1.82, 2.24) is 5.32 Å². The number of aliphatic hydroxyl groups excluding tert-OH is 1. The van der Waals surface area contributed by atoms with Crippen LogP contribution in [-0.2, 0) is 0 Å². The summed E-state index contributed by atoms with van der Waals surface area (Å²) in [6.45, 7) is 2.67. The van der Waals surface area contributed by atoms with Gasteiger partial charge in [-0.25, -0.2) is 0 Å². The molecule has 0 heterocycles. The van der Waals surface area contributed by atoms with Gasteiger partial charge in [0.2, 0.25) is 0 Å². The smallest absolute Gasteiger partial charge is 0.251 e. The highest BCUT2D eigenvalue weighted by Gasteiger charge is 2.41. The largest absolute Gasteiger partial charge is 0.396 e. The third-order valence-corrected chi connectivity index (χ3v) is 4.14. The molecule has 1 aromatic carbocycles. The first-order valence-corrected chi connectivity index (χ1v) is 6.60. The van der Waals surface area contributed by atoms with Crippen LogP contribution in [0, 0.1) is 12.3 Å². The Morgan fingerprint density at radius 2 is 2.22 bits per heavy atom. The Balaban J connectivity index is 1.98. The number of rotatable bonds is 5. The molecule has 1 saturated carbocycles. The Labute approximate surface area is 112 Å². The van der Waals surface area contributed by atoms with E-state index in [-0.39, 0.29) is 17.9 Å². The fourth-order valence-corrected chi connectivity index (χ4v) is 2.32. The summed E-state index contributed by atoms with van der Waals surface area (Å²) in [6.07, 6.45) is 2.94. The monoisotopic (exact) mass is 267 g/mol. The predicted molar refractivity (Wildman–Crippen MR) is 71.9 cm³/mol. The summed E-state index contributed by atoms with van der Waals surface area (Å²) in [7, 11) is 0. The van der Waals surface area contributed by atoms with Crippen LogP contribution in [0.15, 0.2) is 18.2 Å². The summed E-state index contributed by atoms with van der Waals surface area (Å²) >= 11 is 6.00. The average Bonchev–Trinajstić information content (AvgIpc) is 3.11. The molecule has 0 spiro atoms. The number of amides is 1. The first kappa shape index (κ1) is 13.4. The molecule has 1 aliphatic carbocycles. The van der Waals surface area contributed by atoms with Gasteiger partial charge in [0.05, 0.1) is 0 Å². The first-order chi connectivity index (χ1) is 8.58. The lowest BCUT2D eigenvalue weighted by molar-refractivity contribution is 0.0940. The number of benzene rings is 1. The van der Waals surface area contributed by atoms with E-state index in [0.717, 1.165) is 24.8 Å². The first-order valence-electron chi connectivity index (χ1n) is 6.22. The van der Waals surface area contributed by atoms with Crippen LogP contribution in [0.2, 0.25) is 5.02 Å². The van der Waals surface area contributed by atoms with Crippen molar-refractivity contribution in [3.05, 3.63) is 34.3 Å². The number of nitrogens with one attached hydrogen (secondary N) is 1. The summed E-state index contributed by atoms with van der Waals surface area (Å²) in [4.78, 5) is 12.1. The number of carbonyl (C=O) groups is 1. The molecule has 1 fully saturated rings. The number of hydrogen-bond donors (Lipinski definition) is 2. The van der Waals surface area contributed by atoms with Crippen LogP contribution in [0.5, 0.6) is 0 Å². The number of carbonyl (C=O) groups excluding carboxylic acids is 1. The topological polar surface area (TPSA) is 49.3 Å². The van der Waals surface area contributed by atoms with E-state index >= 15 is 0 Å². The van der Waals surface area contributed by atoms with Gasteiger partial charge in [0.1, 0.15) is 0 Å². The maximum Gasteiger partial charge on any atom is 0.251 e. The molecule has 0 saturated heterocycles. The van der Waals surface area contributed by atoms with Crippen LogP contribution in [0.1, 0.15) is 35.2 Å². The van der Waals surface area contributed by atoms with Gasteiger partial charge in [-0.05, 0) is 49.3 Å². The Morgan fingerprint density at radius 1 is 1.50 bits per heavy atom. The van der Waals surface area contributed by atoms with E-state index in [4.69, 9.17) is 16.7 Å². The molecule has 0 radical (unpaired) electrons. The quantitative estimate of drug-likeness (QED) is 0.861. The Morgan fingerprint density at radius 3 is 2.83 bits per heavy atom. The SMILES string of the molecule is Cc1c(Cl)cccc1C(=O)NCC1(CCO)CC1. The van der Waals surface area contributed by atoms with Crippen LogP contribution in [0.4, 0.5) is 0 Å². The minimum Gasteiger partial charge on any atom is -0.396 e. The molecule has 1 aromatic rings. The molecule has 98 valence electrons. The van der Waals surface area contributed by atoms with Crippen molar-refractivity contribution >= 4 is 17.5 Å². The van der Waals surface area contributed by atoms with Crippen molar-refractivity contribution in [3.8, 4) is 0 Å². The highest BCUT2D eigenvalue weighted by atomic mass is 35.5. The average molecular weight is 268 g/mol. The zero-order valence-corrected chi connectivity index (χ0v) is 11.3. The van der Waals surface area contributed by atoms with Crippen LogP contribution < -0.4 is 5.32 Å². The van der Waals surface area contributed by atoms with E-state index in [1.807, 2.05) is 6.92 Å². The fourth-order valence-electron chi connectivity index (χ4n) is 2.15. The van der Waals surface area contributed by atoms with E-state index in [1.54, 1.807) is 18.2 Å². The number of aliphatic hydroxyl groups is 1. The second-order valence-electron chi connectivity index (χ2n) is 5.07. The molecule has 2 N–H and O–H groups in total. The Kier molecular flexibility index (Phi) is 3.93. The standard InChI is InChI=1S/C14H18ClNO2/c1-10-11(3-2-4-12(10)15)13(18)16-9-14(5-6-14)7-8-17/h2-4,17H,5-9H2,1H3,(H,16,18). The highest BCUT2D eigenvalue weighted by molar-refractivity contribution is 6.31. The van der Waals surface area contributed by atoms with E-state index in [0.29, 0.717) is 17.1 Å². The van der Waals surface area contributed by atoms with Crippen molar-refractivity contribution in [1.29, 1.82) is 0 Å². The van der Waals surface area contributed by atoms with Gasteiger partial charge in [-0.2, -0.15) is 0 Å². The van der Waals surface area contributed by atoms with Crippen LogP contribution in [0.25, 0.3) is 0 Å². The van der Waals surface area contributed by atoms with Gasteiger partial charge in [-0.1, -0.05) is 17.7 Å².